The van der Waals surface area contributed by atoms with Crippen molar-refractivity contribution in [2.24, 2.45) is 0 Å². The van der Waals surface area contributed by atoms with Gasteiger partial charge >= 0.3 is 0 Å². The minimum absolute atomic E-state index is 0.0523. The van der Waals surface area contributed by atoms with Crippen molar-refractivity contribution in [1.82, 2.24) is 4.90 Å². The van der Waals surface area contributed by atoms with Gasteiger partial charge in [-0.3, -0.25) is 9.59 Å². The van der Waals surface area contributed by atoms with Crippen LogP contribution in [0.25, 0.3) is 0 Å². The average Bonchev–Trinajstić information content (AvgIpc) is 2.78. The molecule has 1 saturated heterocycles. The van der Waals surface area contributed by atoms with E-state index < -0.39 is 0 Å². The standard InChI is InChI=1S/C23H26N2O4/c26-22(25-14-15-28-21-13-7-5-11-19(21)25)16-29-20-12-6-4-10-18(20)23(27)24-17-8-2-1-3-9-17/h1-4,6,8-10,12,19,21H,5,7,11,13-16H2,(H,24,27). The summed E-state index contributed by atoms with van der Waals surface area (Å²) in [6, 6.07) is 16.4. The Morgan fingerprint density at radius 2 is 1.79 bits per heavy atom. The zero-order valence-electron chi connectivity index (χ0n) is 16.4. The van der Waals surface area contributed by atoms with E-state index in [1.54, 1.807) is 24.3 Å². The molecule has 1 saturated carbocycles. The number of benzene rings is 2. The van der Waals surface area contributed by atoms with E-state index in [4.69, 9.17) is 9.47 Å². The predicted octanol–water partition coefficient (Wildman–Crippen LogP) is 3.49. The molecule has 152 valence electrons. The van der Waals surface area contributed by atoms with Crippen LogP contribution in [0.5, 0.6) is 5.75 Å². The average molecular weight is 394 g/mol. The number of amides is 2. The van der Waals surface area contributed by atoms with Crippen molar-refractivity contribution < 1.29 is 19.1 Å². The molecular weight excluding hydrogens is 368 g/mol. The van der Waals surface area contributed by atoms with Crippen molar-refractivity contribution in [2.45, 2.75) is 37.8 Å². The first-order valence-electron chi connectivity index (χ1n) is 10.2. The number of nitrogens with zero attached hydrogens (tertiary/aromatic N) is 1. The molecule has 2 unspecified atom stereocenters. The van der Waals surface area contributed by atoms with Crippen LogP contribution in [0.2, 0.25) is 0 Å². The highest BCUT2D eigenvalue weighted by molar-refractivity contribution is 6.06. The molecule has 2 aromatic carbocycles. The maximum absolute atomic E-state index is 12.8. The molecule has 1 aliphatic carbocycles. The Balaban J connectivity index is 1.41. The van der Waals surface area contributed by atoms with Gasteiger partial charge in [-0.15, -0.1) is 0 Å². The number of anilines is 1. The first-order valence-corrected chi connectivity index (χ1v) is 10.2. The summed E-state index contributed by atoms with van der Waals surface area (Å²) in [6.45, 7) is 1.08. The fraction of sp³-hybridized carbons (Fsp3) is 0.391. The molecule has 4 rings (SSSR count). The van der Waals surface area contributed by atoms with Crippen LogP contribution in [0.4, 0.5) is 5.69 Å². The molecule has 2 amide bonds. The summed E-state index contributed by atoms with van der Waals surface area (Å²) < 4.78 is 11.6. The molecule has 29 heavy (non-hydrogen) atoms. The number of ether oxygens (including phenoxy) is 2. The number of rotatable bonds is 5. The Morgan fingerprint density at radius 1 is 1.03 bits per heavy atom. The zero-order chi connectivity index (χ0) is 20.1. The van der Waals surface area contributed by atoms with E-state index in [0.717, 1.165) is 25.7 Å². The Morgan fingerprint density at radius 3 is 2.66 bits per heavy atom. The number of hydrogen-bond donors (Lipinski definition) is 1. The number of carbonyl (C=O) groups is 2. The third-order valence-corrected chi connectivity index (χ3v) is 5.57. The SMILES string of the molecule is O=C(Nc1ccccc1)c1ccccc1OCC(=O)N1CCOC2CCCCC21. The minimum Gasteiger partial charge on any atom is -0.483 e. The van der Waals surface area contributed by atoms with E-state index in [-0.39, 0.29) is 30.6 Å². The van der Waals surface area contributed by atoms with E-state index in [9.17, 15) is 9.59 Å². The monoisotopic (exact) mass is 394 g/mol. The highest BCUT2D eigenvalue weighted by atomic mass is 16.5. The van der Waals surface area contributed by atoms with Gasteiger partial charge < -0.3 is 19.7 Å². The number of carbonyl (C=O) groups excluding carboxylic acids is 2. The van der Waals surface area contributed by atoms with Gasteiger partial charge in [-0.05, 0) is 37.1 Å². The first kappa shape index (κ1) is 19.5. The van der Waals surface area contributed by atoms with Crippen LogP contribution >= 0.6 is 0 Å². The first-order chi connectivity index (χ1) is 14.2. The van der Waals surface area contributed by atoms with Crippen molar-refractivity contribution >= 4 is 17.5 Å². The number of para-hydroxylation sites is 2. The van der Waals surface area contributed by atoms with Crippen molar-refractivity contribution in [3.63, 3.8) is 0 Å². The summed E-state index contributed by atoms with van der Waals surface area (Å²) in [7, 11) is 0. The molecule has 1 heterocycles. The van der Waals surface area contributed by atoms with E-state index in [1.807, 2.05) is 35.2 Å². The van der Waals surface area contributed by atoms with Gasteiger partial charge in [-0.25, -0.2) is 0 Å². The lowest BCUT2D eigenvalue weighted by Crippen LogP contribution is -2.55. The van der Waals surface area contributed by atoms with Gasteiger partial charge in [0.15, 0.2) is 6.61 Å². The van der Waals surface area contributed by atoms with Gasteiger partial charge in [0.05, 0.1) is 24.3 Å². The summed E-state index contributed by atoms with van der Waals surface area (Å²) in [5.74, 6) is 0.0872. The highest BCUT2D eigenvalue weighted by Gasteiger charge is 2.36. The van der Waals surface area contributed by atoms with E-state index in [2.05, 4.69) is 5.32 Å². The van der Waals surface area contributed by atoms with Gasteiger partial charge in [0.25, 0.3) is 11.8 Å². The van der Waals surface area contributed by atoms with Crippen LogP contribution in [-0.4, -0.2) is 48.6 Å². The van der Waals surface area contributed by atoms with Crippen LogP contribution in [0.3, 0.4) is 0 Å². The van der Waals surface area contributed by atoms with Crippen molar-refractivity contribution in [3.8, 4) is 5.75 Å². The Hall–Kier alpha value is -2.86. The van der Waals surface area contributed by atoms with Crippen LogP contribution < -0.4 is 10.1 Å². The second-order valence-corrected chi connectivity index (χ2v) is 7.45. The molecule has 6 nitrogen and oxygen atoms in total. The summed E-state index contributed by atoms with van der Waals surface area (Å²) in [6.07, 6.45) is 4.41. The quantitative estimate of drug-likeness (QED) is 0.843. The Labute approximate surface area is 170 Å². The van der Waals surface area contributed by atoms with Crippen molar-refractivity contribution in [3.05, 3.63) is 60.2 Å². The Bertz CT molecular complexity index is 853. The molecule has 0 spiro atoms. The number of hydrogen-bond acceptors (Lipinski definition) is 4. The molecule has 0 radical (unpaired) electrons. The molecule has 0 bridgehead atoms. The van der Waals surface area contributed by atoms with Crippen LogP contribution in [0.15, 0.2) is 54.6 Å². The summed E-state index contributed by atoms with van der Waals surface area (Å²) in [4.78, 5) is 27.4. The minimum atomic E-state index is -0.266. The molecule has 2 aromatic rings. The van der Waals surface area contributed by atoms with Crippen LogP contribution in [0, 0.1) is 0 Å². The van der Waals surface area contributed by atoms with Gasteiger partial charge in [-0.1, -0.05) is 43.2 Å². The third-order valence-electron chi connectivity index (χ3n) is 5.57. The molecule has 1 aliphatic heterocycles. The predicted molar refractivity (Wildman–Crippen MR) is 110 cm³/mol. The number of nitrogens with one attached hydrogen (secondary N) is 1. The summed E-state index contributed by atoms with van der Waals surface area (Å²) >= 11 is 0. The van der Waals surface area contributed by atoms with Gasteiger partial charge in [0.2, 0.25) is 0 Å². The second-order valence-electron chi connectivity index (χ2n) is 7.45. The molecule has 2 aliphatic rings. The fourth-order valence-electron chi connectivity index (χ4n) is 4.13. The van der Waals surface area contributed by atoms with E-state index >= 15 is 0 Å². The molecular formula is C23H26N2O4. The summed E-state index contributed by atoms with van der Waals surface area (Å²) in [5, 5.41) is 2.86. The molecule has 2 atom stereocenters. The van der Waals surface area contributed by atoms with Gasteiger partial charge in [0.1, 0.15) is 5.75 Å². The highest BCUT2D eigenvalue weighted by Crippen LogP contribution is 2.28. The molecule has 0 aromatic heterocycles. The van der Waals surface area contributed by atoms with Crippen molar-refractivity contribution in [1.29, 1.82) is 0 Å². The zero-order valence-corrected chi connectivity index (χ0v) is 16.4. The number of fused-ring (bicyclic) bond motifs is 1. The molecule has 6 heteroatoms. The fourth-order valence-corrected chi connectivity index (χ4v) is 4.13. The molecule has 2 fully saturated rings. The van der Waals surface area contributed by atoms with Gasteiger partial charge in [-0.2, -0.15) is 0 Å². The van der Waals surface area contributed by atoms with E-state index in [1.165, 1.54) is 0 Å². The van der Waals surface area contributed by atoms with E-state index in [0.29, 0.717) is 30.2 Å². The third kappa shape index (κ3) is 4.59. The Kier molecular flexibility index (Phi) is 6.10. The lowest BCUT2D eigenvalue weighted by molar-refractivity contribution is -0.151. The normalized spacial score (nSPS) is 21.2. The molecule has 1 N–H and O–H groups in total. The second kappa shape index (κ2) is 9.09. The summed E-state index contributed by atoms with van der Waals surface area (Å²) in [5.41, 5.74) is 1.11. The topological polar surface area (TPSA) is 67.9 Å². The largest absolute Gasteiger partial charge is 0.483 e. The maximum Gasteiger partial charge on any atom is 0.260 e. The van der Waals surface area contributed by atoms with Crippen molar-refractivity contribution in [2.75, 3.05) is 25.1 Å². The van der Waals surface area contributed by atoms with Gasteiger partial charge in [0, 0.05) is 12.2 Å². The van der Waals surface area contributed by atoms with Crippen LogP contribution in [-0.2, 0) is 9.53 Å². The maximum atomic E-state index is 12.8. The smallest absolute Gasteiger partial charge is 0.260 e. The lowest BCUT2D eigenvalue weighted by atomic mass is 9.90. The number of morpholine rings is 1. The van der Waals surface area contributed by atoms with Crippen LogP contribution in [0.1, 0.15) is 36.0 Å². The lowest BCUT2D eigenvalue weighted by Gasteiger charge is -2.43.